The number of fused-ring (bicyclic) bond motifs is 1. The van der Waals surface area contributed by atoms with Crippen molar-refractivity contribution in [3.8, 4) is 5.75 Å². The third-order valence-electron chi connectivity index (χ3n) is 3.50. The molecule has 1 aromatic carbocycles. The Balaban J connectivity index is 1.83. The highest BCUT2D eigenvalue weighted by Gasteiger charge is 2.29. The molecule has 3 rings (SSSR count). The molecule has 0 fully saturated rings. The van der Waals surface area contributed by atoms with Crippen molar-refractivity contribution in [3.63, 3.8) is 0 Å². The molecule has 0 aliphatic carbocycles. The fourth-order valence-electron chi connectivity index (χ4n) is 2.38. The minimum Gasteiger partial charge on any atom is -0.497 e. The van der Waals surface area contributed by atoms with E-state index in [-0.39, 0.29) is 6.61 Å². The van der Waals surface area contributed by atoms with Gasteiger partial charge in [-0.15, -0.1) is 0 Å². The molecule has 0 aromatic heterocycles. The minimum absolute atomic E-state index is 0.0575. The molecule has 1 aromatic rings. The summed E-state index contributed by atoms with van der Waals surface area (Å²) in [4.78, 5) is 15.2. The molecule has 7 heteroatoms. The summed E-state index contributed by atoms with van der Waals surface area (Å²) in [6.07, 6.45) is 0. The van der Waals surface area contributed by atoms with Crippen LogP contribution in [0.15, 0.2) is 40.7 Å². The van der Waals surface area contributed by atoms with Gasteiger partial charge in [0.15, 0.2) is 11.8 Å². The van der Waals surface area contributed by atoms with E-state index in [4.69, 9.17) is 14.6 Å². The third kappa shape index (κ3) is 2.89. The number of hydrogen-bond donors (Lipinski definition) is 3. The highest BCUT2D eigenvalue weighted by atomic mass is 16.5. The van der Waals surface area contributed by atoms with Crippen molar-refractivity contribution in [2.45, 2.75) is 6.04 Å². The lowest BCUT2D eigenvalue weighted by Gasteiger charge is -2.28. The molecule has 1 atom stereocenters. The van der Waals surface area contributed by atoms with Gasteiger partial charge in [-0.1, -0.05) is 0 Å². The van der Waals surface area contributed by atoms with Gasteiger partial charge in [0, 0.05) is 18.8 Å². The molecule has 0 saturated heterocycles. The van der Waals surface area contributed by atoms with Crippen LogP contribution in [0.25, 0.3) is 0 Å². The lowest BCUT2D eigenvalue weighted by molar-refractivity contribution is -0.139. The fourth-order valence-corrected chi connectivity index (χ4v) is 2.38. The molecule has 7 nitrogen and oxygen atoms in total. The number of carboxylic acid groups (broad SMARTS) is 1. The van der Waals surface area contributed by atoms with Gasteiger partial charge in [0.25, 0.3) is 0 Å². The zero-order valence-corrected chi connectivity index (χ0v) is 12.1. The summed E-state index contributed by atoms with van der Waals surface area (Å²) in [5.41, 5.74) is 2.38. The van der Waals surface area contributed by atoms with E-state index in [1.54, 1.807) is 7.11 Å². The molecule has 0 bridgehead atoms. The van der Waals surface area contributed by atoms with Crippen molar-refractivity contribution in [1.29, 1.82) is 0 Å². The summed E-state index contributed by atoms with van der Waals surface area (Å²) in [6.45, 7) is 1.17. The van der Waals surface area contributed by atoms with Gasteiger partial charge in [-0.25, -0.2) is 4.79 Å². The van der Waals surface area contributed by atoms with Crippen molar-refractivity contribution >= 4 is 17.4 Å². The minimum atomic E-state index is -0.971. The molecular formula is C15H17N3O4. The number of ether oxygens (including phenoxy) is 2. The molecule has 2 aliphatic heterocycles. The van der Waals surface area contributed by atoms with E-state index in [1.807, 2.05) is 24.3 Å². The SMILES string of the molecule is COc1ccc(NC2=C3OCC(C(=O)O)N=C3CNC2)cc1. The first kappa shape index (κ1) is 14.4. The zero-order chi connectivity index (χ0) is 15.5. The summed E-state index contributed by atoms with van der Waals surface area (Å²) < 4.78 is 10.8. The Bertz CT molecular complexity index is 637. The first-order valence-electron chi connectivity index (χ1n) is 6.95. The van der Waals surface area contributed by atoms with E-state index in [2.05, 4.69) is 15.6 Å². The van der Waals surface area contributed by atoms with Gasteiger partial charge in [-0.05, 0) is 24.3 Å². The van der Waals surface area contributed by atoms with Gasteiger partial charge in [-0.3, -0.25) is 4.99 Å². The maximum absolute atomic E-state index is 11.0. The Hall–Kier alpha value is -2.54. The quantitative estimate of drug-likeness (QED) is 0.763. The van der Waals surface area contributed by atoms with Crippen molar-refractivity contribution in [3.05, 3.63) is 35.7 Å². The van der Waals surface area contributed by atoms with E-state index < -0.39 is 12.0 Å². The van der Waals surface area contributed by atoms with Gasteiger partial charge in [0.2, 0.25) is 0 Å². The molecule has 0 spiro atoms. The highest BCUT2D eigenvalue weighted by molar-refractivity contribution is 6.03. The van der Waals surface area contributed by atoms with Gasteiger partial charge < -0.3 is 25.2 Å². The third-order valence-corrected chi connectivity index (χ3v) is 3.50. The number of aliphatic imine (C=N–C) groups is 1. The number of nitrogens with zero attached hydrogens (tertiary/aromatic N) is 1. The van der Waals surface area contributed by atoms with Crippen LogP contribution in [0.2, 0.25) is 0 Å². The molecule has 0 amide bonds. The van der Waals surface area contributed by atoms with Crippen molar-refractivity contribution in [2.75, 3.05) is 32.1 Å². The number of carboxylic acids is 1. The zero-order valence-electron chi connectivity index (χ0n) is 12.1. The first-order valence-corrected chi connectivity index (χ1v) is 6.95. The molecule has 0 saturated carbocycles. The normalized spacial score (nSPS) is 20.6. The van der Waals surface area contributed by atoms with E-state index in [9.17, 15) is 4.79 Å². The fraction of sp³-hybridized carbons (Fsp3) is 0.333. The van der Waals surface area contributed by atoms with Crippen LogP contribution >= 0.6 is 0 Å². The Morgan fingerprint density at radius 2 is 2.18 bits per heavy atom. The maximum Gasteiger partial charge on any atom is 0.332 e. The van der Waals surface area contributed by atoms with E-state index in [0.29, 0.717) is 24.6 Å². The molecule has 2 aliphatic rings. The Kier molecular flexibility index (Phi) is 3.97. The predicted octanol–water partition coefficient (Wildman–Crippen LogP) is 0.846. The molecule has 22 heavy (non-hydrogen) atoms. The lowest BCUT2D eigenvalue weighted by Crippen LogP contribution is -2.41. The Morgan fingerprint density at radius 1 is 1.41 bits per heavy atom. The Morgan fingerprint density at radius 3 is 2.86 bits per heavy atom. The average Bonchev–Trinajstić information content (AvgIpc) is 2.55. The largest absolute Gasteiger partial charge is 0.497 e. The second kappa shape index (κ2) is 6.07. The smallest absolute Gasteiger partial charge is 0.332 e. The number of rotatable bonds is 4. The predicted molar refractivity (Wildman–Crippen MR) is 81.3 cm³/mol. The second-order valence-corrected chi connectivity index (χ2v) is 5.01. The number of benzene rings is 1. The van der Waals surface area contributed by atoms with Crippen LogP contribution in [0.1, 0.15) is 0 Å². The molecule has 116 valence electrons. The van der Waals surface area contributed by atoms with Crippen LogP contribution in [0.3, 0.4) is 0 Å². The monoisotopic (exact) mass is 303 g/mol. The van der Waals surface area contributed by atoms with Crippen molar-refractivity contribution in [2.24, 2.45) is 4.99 Å². The number of methoxy groups -OCH3 is 1. The number of aliphatic carboxylic acids is 1. The second-order valence-electron chi connectivity index (χ2n) is 5.01. The standard InChI is InChI=1S/C15H17N3O4/c1-21-10-4-2-9(3-5-10)17-11-6-16-7-12-14(11)22-8-13(18-12)15(19)20/h2-5,13,16-17H,6-8H2,1H3,(H,19,20). The molecular weight excluding hydrogens is 286 g/mol. The number of hydrogen-bond acceptors (Lipinski definition) is 6. The van der Waals surface area contributed by atoms with Crippen LogP contribution in [0.4, 0.5) is 5.69 Å². The average molecular weight is 303 g/mol. The molecule has 3 N–H and O–H groups in total. The molecule has 1 unspecified atom stereocenters. The topological polar surface area (TPSA) is 92.2 Å². The van der Waals surface area contributed by atoms with Crippen LogP contribution in [-0.4, -0.2) is 49.6 Å². The maximum atomic E-state index is 11.0. The first-order chi connectivity index (χ1) is 10.7. The highest BCUT2D eigenvalue weighted by Crippen LogP contribution is 2.22. The van der Waals surface area contributed by atoms with Gasteiger partial charge in [-0.2, -0.15) is 0 Å². The van der Waals surface area contributed by atoms with Crippen molar-refractivity contribution < 1.29 is 19.4 Å². The van der Waals surface area contributed by atoms with Gasteiger partial charge in [0.1, 0.15) is 12.4 Å². The summed E-state index contributed by atoms with van der Waals surface area (Å²) >= 11 is 0. The summed E-state index contributed by atoms with van der Waals surface area (Å²) in [6, 6.07) is 6.70. The number of carbonyl (C=O) groups is 1. The summed E-state index contributed by atoms with van der Waals surface area (Å²) in [5, 5.41) is 15.5. The van der Waals surface area contributed by atoms with Crippen LogP contribution < -0.4 is 15.4 Å². The lowest BCUT2D eigenvalue weighted by atomic mass is 10.1. The number of nitrogens with one attached hydrogen (secondary N) is 2. The Labute approximate surface area is 127 Å². The van der Waals surface area contributed by atoms with Crippen LogP contribution in [0, 0.1) is 0 Å². The van der Waals surface area contributed by atoms with Crippen LogP contribution in [-0.2, 0) is 9.53 Å². The summed E-state index contributed by atoms with van der Waals surface area (Å²) in [5.74, 6) is 0.458. The number of anilines is 1. The summed E-state index contributed by atoms with van der Waals surface area (Å²) in [7, 11) is 1.62. The van der Waals surface area contributed by atoms with Crippen molar-refractivity contribution in [1.82, 2.24) is 5.32 Å². The molecule has 0 radical (unpaired) electrons. The van der Waals surface area contributed by atoms with E-state index >= 15 is 0 Å². The van der Waals surface area contributed by atoms with E-state index in [0.717, 1.165) is 17.1 Å². The van der Waals surface area contributed by atoms with Gasteiger partial charge >= 0.3 is 5.97 Å². The van der Waals surface area contributed by atoms with Crippen LogP contribution in [0.5, 0.6) is 5.75 Å². The van der Waals surface area contributed by atoms with E-state index in [1.165, 1.54) is 0 Å². The van der Waals surface area contributed by atoms with Gasteiger partial charge in [0.05, 0.1) is 18.5 Å². The molecule has 2 heterocycles.